The Morgan fingerprint density at radius 3 is 2.43 bits per heavy atom. The van der Waals surface area contributed by atoms with Crippen LogP contribution in [0.5, 0.6) is 0 Å². The van der Waals surface area contributed by atoms with Crippen molar-refractivity contribution in [1.29, 1.82) is 0 Å². The molecule has 3 aliphatic rings. The maximum Gasteiger partial charge on any atom is 0.0543 e. The second kappa shape index (κ2) is 3.27. The molecule has 0 aromatic carbocycles. The topological polar surface area (TPSA) is 0 Å². The standard InChI is InChI=1S/C13H19Cl/c14-13(11-4-2-1-3-5-11)9-10-6-7-12(13)8-10/h6-7,10-12H,1-5,8-9H2. The summed E-state index contributed by atoms with van der Waals surface area (Å²) in [4.78, 5) is 0.167. The number of alkyl halides is 1. The summed E-state index contributed by atoms with van der Waals surface area (Å²) in [5, 5.41) is 0. The second-order valence-corrected chi connectivity index (χ2v) is 6.16. The van der Waals surface area contributed by atoms with Gasteiger partial charge in [0, 0.05) is 0 Å². The van der Waals surface area contributed by atoms with Crippen LogP contribution in [-0.2, 0) is 0 Å². The molecule has 0 N–H and O–H groups in total. The van der Waals surface area contributed by atoms with E-state index in [-0.39, 0.29) is 4.87 Å². The van der Waals surface area contributed by atoms with E-state index in [0.717, 1.165) is 11.8 Å². The van der Waals surface area contributed by atoms with E-state index in [1.165, 1.54) is 44.9 Å². The van der Waals surface area contributed by atoms with E-state index in [1.807, 2.05) is 0 Å². The zero-order chi connectivity index (χ0) is 9.60. The second-order valence-electron chi connectivity index (χ2n) is 5.45. The lowest BCUT2D eigenvalue weighted by atomic mass is 9.73. The molecule has 0 amide bonds. The van der Waals surface area contributed by atoms with Crippen molar-refractivity contribution < 1.29 is 0 Å². The minimum absolute atomic E-state index is 0.167. The van der Waals surface area contributed by atoms with E-state index in [1.54, 1.807) is 0 Å². The van der Waals surface area contributed by atoms with Crippen LogP contribution in [0.3, 0.4) is 0 Å². The maximum atomic E-state index is 6.89. The van der Waals surface area contributed by atoms with Crippen molar-refractivity contribution in [3.05, 3.63) is 12.2 Å². The first kappa shape index (κ1) is 9.27. The van der Waals surface area contributed by atoms with Crippen molar-refractivity contribution >= 4 is 11.6 Å². The molecule has 3 unspecified atom stereocenters. The molecule has 14 heavy (non-hydrogen) atoms. The Balaban J connectivity index is 1.79. The maximum absolute atomic E-state index is 6.89. The molecule has 1 heteroatoms. The molecule has 0 nitrogen and oxygen atoms in total. The Bertz CT molecular complexity index is 252. The van der Waals surface area contributed by atoms with Crippen LogP contribution in [-0.4, -0.2) is 4.87 Å². The third kappa shape index (κ3) is 1.26. The lowest BCUT2D eigenvalue weighted by molar-refractivity contribution is 0.244. The summed E-state index contributed by atoms with van der Waals surface area (Å²) < 4.78 is 0. The summed E-state index contributed by atoms with van der Waals surface area (Å²) in [6.07, 6.45) is 14.5. The van der Waals surface area contributed by atoms with Gasteiger partial charge in [-0.15, -0.1) is 11.6 Å². The van der Waals surface area contributed by atoms with Crippen molar-refractivity contribution in [1.82, 2.24) is 0 Å². The monoisotopic (exact) mass is 210 g/mol. The molecule has 0 aromatic rings. The highest BCUT2D eigenvalue weighted by Crippen LogP contribution is 2.56. The number of fused-ring (bicyclic) bond motifs is 2. The predicted molar refractivity (Wildman–Crippen MR) is 60.5 cm³/mol. The van der Waals surface area contributed by atoms with Gasteiger partial charge >= 0.3 is 0 Å². The molecular weight excluding hydrogens is 192 g/mol. The van der Waals surface area contributed by atoms with Gasteiger partial charge in [-0.25, -0.2) is 0 Å². The Labute approximate surface area is 91.7 Å². The molecule has 78 valence electrons. The molecule has 3 atom stereocenters. The summed E-state index contributed by atoms with van der Waals surface area (Å²) in [5.41, 5.74) is 0. The number of rotatable bonds is 1. The van der Waals surface area contributed by atoms with Crippen LogP contribution in [0.2, 0.25) is 0 Å². The molecule has 2 fully saturated rings. The molecule has 0 aliphatic heterocycles. The van der Waals surface area contributed by atoms with Crippen molar-refractivity contribution in [3.63, 3.8) is 0 Å². The Morgan fingerprint density at radius 1 is 1.07 bits per heavy atom. The molecule has 0 heterocycles. The lowest BCUT2D eigenvalue weighted by Gasteiger charge is -2.39. The van der Waals surface area contributed by atoms with Gasteiger partial charge in [0.25, 0.3) is 0 Å². The number of hydrogen-bond acceptors (Lipinski definition) is 0. The number of allylic oxidation sites excluding steroid dienone is 2. The fraction of sp³-hybridized carbons (Fsp3) is 0.846. The van der Waals surface area contributed by atoms with Gasteiger partial charge in [0.15, 0.2) is 0 Å². The predicted octanol–water partition coefficient (Wildman–Crippen LogP) is 4.14. The first-order chi connectivity index (χ1) is 6.79. The van der Waals surface area contributed by atoms with Gasteiger partial charge in [-0.05, 0) is 43.4 Å². The Kier molecular flexibility index (Phi) is 2.16. The smallest absolute Gasteiger partial charge is 0.0543 e. The average Bonchev–Trinajstić information content (AvgIpc) is 2.79. The van der Waals surface area contributed by atoms with E-state index in [0.29, 0.717) is 5.92 Å². The molecule has 3 aliphatic carbocycles. The molecule has 3 rings (SSSR count). The third-order valence-electron chi connectivity index (χ3n) is 4.65. The summed E-state index contributed by atoms with van der Waals surface area (Å²) in [6, 6.07) is 0. The van der Waals surface area contributed by atoms with Gasteiger partial charge < -0.3 is 0 Å². The molecule has 0 radical (unpaired) electrons. The van der Waals surface area contributed by atoms with Gasteiger partial charge in [0.1, 0.15) is 0 Å². The van der Waals surface area contributed by atoms with Crippen LogP contribution in [0.15, 0.2) is 12.2 Å². The minimum atomic E-state index is 0.167. The minimum Gasteiger partial charge on any atom is -0.118 e. The van der Waals surface area contributed by atoms with E-state index in [4.69, 9.17) is 11.6 Å². The fourth-order valence-corrected chi connectivity index (χ4v) is 4.47. The normalized spacial score (nSPS) is 47.5. The summed E-state index contributed by atoms with van der Waals surface area (Å²) >= 11 is 6.89. The first-order valence-electron chi connectivity index (χ1n) is 6.16. The van der Waals surface area contributed by atoms with Gasteiger partial charge in [-0.1, -0.05) is 31.4 Å². The van der Waals surface area contributed by atoms with Crippen molar-refractivity contribution in [2.24, 2.45) is 17.8 Å². The average molecular weight is 211 g/mol. The van der Waals surface area contributed by atoms with Crippen molar-refractivity contribution in [3.8, 4) is 0 Å². The molecule has 2 saturated carbocycles. The lowest BCUT2D eigenvalue weighted by Crippen LogP contribution is -2.37. The van der Waals surface area contributed by atoms with E-state index in [9.17, 15) is 0 Å². The van der Waals surface area contributed by atoms with Crippen LogP contribution in [0.1, 0.15) is 44.9 Å². The fourth-order valence-electron chi connectivity index (χ4n) is 3.89. The van der Waals surface area contributed by atoms with Gasteiger partial charge in [0.05, 0.1) is 4.87 Å². The van der Waals surface area contributed by atoms with Gasteiger partial charge in [-0.3, -0.25) is 0 Å². The summed E-state index contributed by atoms with van der Waals surface area (Å²) in [5.74, 6) is 2.34. The molecular formula is C13H19Cl. The highest BCUT2D eigenvalue weighted by atomic mass is 35.5. The first-order valence-corrected chi connectivity index (χ1v) is 6.54. The summed E-state index contributed by atoms with van der Waals surface area (Å²) in [7, 11) is 0. The molecule has 0 saturated heterocycles. The van der Waals surface area contributed by atoms with Crippen LogP contribution in [0, 0.1) is 17.8 Å². The summed E-state index contributed by atoms with van der Waals surface area (Å²) in [6.45, 7) is 0. The highest BCUT2D eigenvalue weighted by molar-refractivity contribution is 6.24. The molecule has 0 spiro atoms. The van der Waals surface area contributed by atoms with Crippen LogP contribution >= 0.6 is 11.6 Å². The van der Waals surface area contributed by atoms with Crippen molar-refractivity contribution in [2.45, 2.75) is 49.8 Å². The van der Waals surface area contributed by atoms with Crippen molar-refractivity contribution in [2.75, 3.05) is 0 Å². The molecule has 0 aromatic heterocycles. The zero-order valence-corrected chi connectivity index (χ0v) is 9.47. The van der Waals surface area contributed by atoms with Gasteiger partial charge in [0.2, 0.25) is 0 Å². The number of halogens is 1. The quantitative estimate of drug-likeness (QED) is 0.451. The molecule has 2 bridgehead atoms. The van der Waals surface area contributed by atoms with Gasteiger partial charge in [-0.2, -0.15) is 0 Å². The van der Waals surface area contributed by atoms with Crippen LogP contribution in [0.25, 0.3) is 0 Å². The highest BCUT2D eigenvalue weighted by Gasteiger charge is 2.51. The third-order valence-corrected chi connectivity index (χ3v) is 5.39. The Hall–Kier alpha value is 0.0300. The van der Waals surface area contributed by atoms with E-state index >= 15 is 0 Å². The SMILES string of the molecule is ClC1(C2CCCCC2)CC2C=CC1C2. The van der Waals surface area contributed by atoms with Crippen LogP contribution < -0.4 is 0 Å². The van der Waals surface area contributed by atoms with Crippen LogP contribution in [0.4, 0.5) is 0 Å². The Morgan fingerprint density at radius 2 is 1.86 bits per heavy atom. The largest absolute Gasteiger partial charge is 0.118 e. The van der Waals surface area contributed by atoms with E-state index < -0.39 is 0 Å². The van der Waals surface area contributed by atoms with E-state index in [2.05, 4.69) is 12.2 Å². The number of hydrogen-bond donors (Lipinski definition) is 0. The zero-order valence-electron chi connectivity index (χ0n) is 8.71.